The smallest absolute Gasteiger partial charge is 0.258 e. The average Bonchev–Trinajstić information content (AvgIpc) is 2.45. The summed E-state index contributed by atoms with van der Waals surface area (Å²) in [6, 6.07) is 6.86. The number of nitrogens with zero attached hydrogens (tertiary/aromatic N) is 1. The van der Waals surface area contributed by atoms with Crippen molar-refractivity contribution in [2.24, 2.45) is 0 Å². The number of nitrogens with one attached hydrogen (secondary N) is 1. The van der Waals surface area contributed by atoms with Crippen LogP contribution in [-0.4, -0.2) is 41.9 Å². The SMILES string of the molecule is CCN(CC)C(=O)c1ccc(OCC(=O)NC(C)(C)C)cc1. The normalized spacial score (nSPS) is 11.0. The zero-order valence-corrected chi connectivity index (χ0v) is 14.1. The summed E-state index contributed by atoms with van der Waals surface area (Å²) in [4.78, 5) is 25.6. The first-order valence-electron chi connectivity index (χ1n) is 7.60. The summed E-state index contributed by atoms with van der Waals surface area (Å²) in [6.07, 6.45) is 0. The molecule has 0 heterocycles. The van der Waals surface area contributed by atoms with Crippen molar-refractivity contribution in [2.75, 3.05) is 19.7 Å². The first-order chi connectivity index (χ1) is 10.3. The molecule has 0 fully saturated rings. The van der Waals surface area contributed by atoms with Crippen LogP contribution in [0.1, 0.15) is 45.0 Å². The topological polar surface area (TPSA) is 58.6 Å². The second-order valence-corrected chi connectivity index (χ2v) is 6.09. The van der Waals surface area contributed by atoms with Gasteiger partial charge in [0.1, 0.15) is 5.75 Å². The Balaban J connectivity index is 2.59. The van der Waals surface area contributed by atoms with Crippen LogP contribution in [0, 0.1) is 0 Å². The lowest BCUT2D eigenvalue weighted by Crippen LogP contribution is -2.43. The Morgan fingerprint density at radius 2 is 1.64 bits per heavy atom. The maximum atomic E-state index is 12.2. The third-order valence-electron chi connectivity index (χ3n) is 3.04. The van der Waals surface area contributed by atoms with E-state index in [1.54, 1.807) is 29.2 Å². The summed E-state index contributed by atoms with van der Waals surface area (Å²) in [5, 5.41) is 2.82. The minimum Gasteiger partial charge on any atom is -0.484 e. The van der Waals surface area contributed by atoms with Gasteiger partial charge in [-0.05, 0) is 58.9 Å². The molecular formula is C17H26N2O3. The fourth-order valence-electron chi connectivity index (χ4n) is 1.99. The third kappa shape index (κ3) is 5.76. The Hall–Kier alpha value is -2.04. The van der Waals surface area contributed by atoms with Crippen LogP contribution >= 0.6 is 0 Å². The van der Waals surface area contributed by atoms with Gasteiger partial charge in [-0.25, -0.2) is 0 Å². The molecule has 0 atom stereocenters. The molecule has 5 nitrogen and oxygen atoms in total. The second kappa shape index (κ2) is 7.82. The van der Waals surface area contributed by atoms with Crippen LogP contribution in [0.2, 0.25) is 0 Å². The Labute approximate surface area is 132 Å². The lowest BCUT2D eigenvalue weighted by molar-refractivity contribution is -0.124. The van der Waals surface area contributed by atoms with Crippen molar-refractivity contribution in [3.8, 4) is 5.75 Å². The number of benzene rings is 1. The Morgan fingerprint density at radius 3 is 2.09 bits per heavy atom. The molecule has 0 unspecified atom stereocenters. The lowest BCUT2D eigenvalue weighted by Gasteiger charge is -2.20. The summed E-state index contributed by atoms with van der Waals surface area (Å²) < 4.78 is 5.42. The van der Waals surface area contributed by atoms with Crippen LogP contribution in [0.5, 0.6) is 5.75 Å². The number of carbonyl (C=O) groups is 2. The molecule has 22 heavy (non-hydrogen) atoms. The van der Waals surface area contributed by atoms with Crippen LogP contribution in [0.15, 0.2) is 24.3 Å². The monoisotopic (exact) mass is 306 g/mol. The quantitative estimate of drug-likeness (QED) is 0.878. The van der Waals surface area contributed by atoms with Gasteiger partial charge in [0, 0.05) is 24.2 Å². The molecule has 0 bridgehead atoms. The van der Waals surface area contributed by atoms with Gasteiger partial charge in [0.2, 0.25) is 0 Å². The van der Waals surface area contributed by atoms with Gasteiger partial charge >= 0.3 is 0 Å². The molecule has 0 aliphatic heterocycles. The predicted octanol–water partition coefficient (Wildman–Crippen LogP) is 2.46. The van der Waals surface area contributed by atoms with Gasteiger partial charge in [0.15, 0.2) is 6.61 Å². The molecule has 2 amide bonds. The molecule has 1 N–H and O–H groups in total. The molecular weight excluding hydrogens is 280 g/mol. The van der Waals surface area contributed by atoms with E-state index in [1.165, 1.54) is 0 Å². The van der Waals surface area contributed by atoms with Gasteiger partial charge in [-0.3, -0.25) is 9.59 Å². The zero-order valence-electron chi connectivity index (χ0n) is 14.1. The first kappa shape index (κ1) is 18.0. The molecule has 1 aromatic rings. The van der Waals surface area contributed by atoms with E-state index in [-0.39, 0.29) is 24.0 Å². The molecule has 1 aromatic carbocycles. The molecule has 1 rings (SSSR count). The molecule has 0 saturated heterocycles. The number of hydrogen-bond acceptors (Lipinski definition) is 3. The van der Waals surface area contributed by atoms with Crippen LogP contribution < -0.4 is 10.1 Å². The van der Waals surface area contributed by atoms with Crippen molar-refractivity contribution in [2.45, 2.75) is 40.2 Å². The van der Waals surface area contributed by atoms with Gasteiger partial charge in [0.05, 0.1) is 0 Å². The van der Waals surface area contributed by atoms with Crippen molar-refractivity contribution in [1.82, 2.24) is 10.2 Å². The molecule has 5 heteroatoms. The lowest BCUT2D eigenvalue weighted by atomic mass is 10.1. The van der Waals surface area contributed by atoms with Gasteiger partial charge in [-0.15, -0.1) is 0 Å². The van der Waals surface area contributed by atoms with Gasteiger partial charge < -0.3 is 15.0 Å². The van der Waals surface area contributed by atoms with E-state index < -0.39 is 0 Å². The number of hydrogen-bond donors (Lipinski definition) is 1. The highest BCUT2D eigenvalue weighted by atomic mass is 16.5. The van der Waals surface area contributed by atoms with Crippen molar-refractivity contribution >= 4 is 11.8 Å². The van der Waals surface area contributed by atoms with Crippen molar-refractivity contribution < 1.29 is 14.3 Å². The number of amides is 2. The van der Waals surface area contributed by atoms with E-state index >= 15 is 0 Å². The Kier molecular flexibility index (Phi) is 6.40. The molecule has 0 aromatic heterocycles. The maximum Gasteiger partial charge on any atom is 0.258 e. The third-order valence-corrected chi connectivity index (χ3v) is 3.04. The predicted molar refractivity (Wildman–Crippen MR) is 87.1 cm³/mol. The highest BCUT2D eigenvalue weighted by Gasteiger charge is 2.15. The summed E-state index contributed by atoms with van der Waals surface area (Å²) in [5.41, 5.74) is 0.343. The molecule has 0 saturated carbocycles. The summed E-state index contributed by atoms with van der Waals surface area (Å²) >= 11 is 0. The van der Waals surface area contributed by atoms with Crippen LogP contribution in [0.25, 0.3) is 0 Å². The van der Waals surface area contributed by atoms with E-state index in [9.17, 15) is 9.59 Å². The van der Waals surface area contributed by atoms with Crippen LogP contribution in [0.3, 0.4) is 0 Å². The van der Waals surface area contributed by atoms with E-state index in [2.05, 4.69) is 5.32 Å². The Morgan fingerprint density at radius 1 is 1.09 bits per heavy atom. The summed E-state index contributed by atoms with van der Waals surface area (Å²) in [6.45, 7) is 11.0. The molecule has 0 aliphatic rings. The minimum absolute atomic E-state index is 0.00188. The van der Waals surface area contributed by atoms with Crippen molar-refractivity contribution in [1.29, 1.82) is 0 Å². The van der Waals surface area contributed by atoms with Crippen LogP contribution in [-0.2, 0) is 4.79 Å². The van der Waals surface area contributed by atoms with Gasteiger partial charge in [-0.2, -0.15) is 0 Å². The van der Waals surface area contributed by atoms with E-state index in [0.717, 1.165) is 0 Å². The number of carbonyl (C=O) groups excluding carboxylic acids is 2. The highest BCUT2D eigenvalue weighted by molar-refractivity contribution is 5.94. The van der Waals surface area contributed by atoms with Gasteiger partial charge in [-0.1, -0.05) is 0 Å². The van der Waals surface area contributed by atoms with E-state index in [0.29, 0.717) is 24.4 Å². The maximum absolute atomic E-state index is 12.2. The molecule has 0 radical (unpaired) electrons. The van der Waals surface area contributed by atoms with Crippen molar-refractivity contribution in [3.05, 3.63) is 29.8 Å². The first-order valence-corrected chi connectivity index (χ1v) is 7.60. The zero-order chi connectivity index (χ0) is 16.8. The highest BCUT2D eigenvalue weighted by Crippen LogP contribution is 2.14. The Bertz CT molecular complexity index is 500. The largest absolute Gasteiger partial charge is 0.484 e. The average molecular weight is 306 g/mol. The van der Waals surface area contributed by atoms with Gasteiger partial charge in [0.25, 0.3) is 11.8 Å². The van der Waals surface area contributed by atoms with E-state index in [1.807, 2.05) is 34.6 Å². The second-order valence-electron chi connectivity index (χ2n) is 6.09. The molecule has 0 aliphatic carbocycles. The standard InChI is InChI=1S/C17H26N2O3/c1-6-19(7-2)16(21)13-8-10-14(11-9-13)22-12-15(20)18-17(3,4)5/h8-11H,6-7,12H2,1-5H3,(H,18,20). The summed E-state index contributed by atoms with van der Waals surface area (Å²) in [7, 11) is 0. The van der Waals surface area contributed by atoms with Crippen LogP contribution in [0.4, 0.5) is 0 Å². The minimum atomic E-state index is -0.277. The summed E-state index contributed by atoms with van der Waals surface area (Å²) in [5.74, 6) is 0.401. The number of ether oxygens (including phenoxy) is 1. The fourth-order valence-corrected chi connectivity index (χ4v) is 1.99. The fraction of sp³-hybridized carbons (Fsp3) is 0.529. The number of rotatable bonds is 6. The van der Waals surface area contributed by atoms with E-state index in [4.69, 9.17) is 4.74 Å². The molecule has 122 valence electrons. The molecule has 0 spiro atoms. The van der Waals surface area contributed by atoms with Crippen molar-refractivity contribution in [3.63, 3.8) is 0 Å².